The summed E-state index contributed by atoms with van der Waals surface area (Å²) in [6, 6.07) is 0. The molecule has 26 heavy (non-hydrogen) atoms. The first-order valence-electron chi connectivity index (χ1n) is 10.2. The van der Waals surface area contributed by atoms with Gasteiger partial charge < -0.3 is 18.9 Å². The predicted octanol–water partition coefficient (Wildman–Crippen LogP) is 2.22. The van der Waals surface area contributed by atoms with Gasteiger partial charge in [-0.15, -0.1) is 0 Å². The highest BCUT2D eigenvalue weighted by molar-refractivity contribution is 5.00. The predicted molar refractivity (Wildman–Crippen MR) is 99.0 cm³/mol. The zero-order chi connectivity index (χ0) is 18.6. The van der Waals surface area contributed by atoms with Crippen molar-refractivity contribution in [3.63, 3.8) is 0 Å². The number of nitrogens with zero attached hydrogens (tertiary/aromatic N) is 2. The van der Waals surface area contributed by atoms with Crippen molar-refractivity contribution in [1.29, 1.82) is 0 Å². The summed E-state index contributed by atoms with van der Waals surface area (Å²) in [6.07, 6.45) is 3.10. The fourth-order valence-corrected chi connectivity index (χ4v) is 4.82. The third kappa shape index (κ3) is 3.56. The van der Waals surface area contributed by atoms with E-state index in [4.69, 9.17) is 18.9 Å². The minimum atomic E-state index is -0.356. The van der Waals surface area contributed by atoms with Gasteiger partial charge in [-0.2, -0.15) is 0 Å². The van der Waals surface area contributed by atoms with E-state index in [1.165, 1.54) is 0 Å². The highest BCUT2D eigenvalue weighted by atomic mass is 16.8. The largest absolute Gasteiger partial charge is 0.347 e. The molecule has 0 N–H and O–H groups in total. The summed E-state index contributed by atoms with van der Waals surface area (Å²) in [5.74, 6) is -0.655. The molecule has 4 rings (SSSR count). The van der Waals surface area contributed by atoms with Crippen molar-refractivity contribution in [1.82, 2.24) is 9.80 Å². The lowest BCUT2D eigenvalue weighted by atomic mass is 9.90. The van der Waals surface area contributed by atoms with Gasteiger partial charge in [0.05, 0.1) is 39.0 Å². The molecule has 0 aliphatic carbocycles. The third-order valence-electron chi connectivity index (χ3n) is 6.65. The Morgan fingerprint density at radius 3 is 2.04 bits per heavy atom. The monoisotopic (exact) mass is 368 g/mol. The maximum absolute atomic E-state index is 6.39. The van der Waals surface area contributed by atoms with Gasteiger partial charge in [0, 0.05) is 37.0 Å². The Kier molecular flexibility index (Phi) is 4.69. The topological polar surface area (TPSA) is 43.4 Å². The Balaban J connectivity index is 1.28. The molecule has 0 aromatic heterocycles. The third-order valence-corrected chi connectivity index (χ3v) is 6.65. The molecular weight excluding hydrogens is 332 g/mol. The average molecular weight is 369 g/mol. The molecule has 0 bridgehead atoms. The molecule has 150 valence electrons. The smallest absolute Gasteiger partial charge is 0.194 e. The van der Waals surface area contributed by atoms with Crippen molar-refractivity contribution in [2.45, 2.75) is 82.6 Å². The lowest BCUT2D eigenvalue weighted by Gasteiger charge is -2.52. The zero-order valence-electron chi connectivity index (χ0n) is 17.2. The van der Waals surface area contributed by atoms with Crippen LogP contribution in [-0.4, -0.2) is 84.6 Å². The molecule has 4 fully saturated rings. The fourth-order valence-electron chi connectivity index (χ4n) is 4.82. The quantitative estimate of drug-likeness (QED) is 0.761. The Morgan fingerprint density at radius 1 is 0.846 bits per heavy atom. The molecule has 0 aromatic rings. The van der Waals surface area contributed by atoms with Crippen molar-refractivity contribution in [2.24, 2.45) is 0 Å². The van der Waals surface area contributed by atoms with E-state index in [9.17, 15) is 0 Å². The second-order valence-electron chi connectivity index (χ2n) is 10.1. The van der Waals surface area contributed by atoms with E-state index < -0.39 is 0 Å². The van der Waals surface area contributed by atoms with Gasteiger partial charge in [-0.1, -0.05) is 0 Å². The summed E-state index contributed by atoms with van der Waals surface area (Å²) in [7, 11) is 0. The molecule has 4 aliphatic rings. The maximum Gasteiger partial charge on any atom is 0.194 e. The highest BCUT2D eigenvalue weighted by Crippen LogP contribution is 2.40. The molecule has 6 heteroatoms. The van der Waals surface area contributed by atoms with Gasteiger partial charge in [0.1, 0.15) is 0 Å². The van der Waals surface area contributed by atoms with E-state index in [0.717, 1.165) is 58.7 Å². The molecule has 0 aromatic carbocycles. The van der Waals surface area contributed by atoms with E-state index in [-0.39, 0.29) is 28.8 Å². The summed E-state index contributed by atoms with van der Waals surface area (Å²) in [4.78, 5) is 4.99. The van der Waals surface area contributed by atoms with E-state index >= 15 is 0 Å². The van der Waals surface area contributed by atoms with Crippen LogP contribution in [0.3, 0.4) is 0 Å². The number of likely N-dealkylation sites (tertiary alicyclic amines) is 2. The van der Waals surface area contributed by atoms with Gasteiger partial charge >= 0.3 is 0 Å². The first-order chi connectivity index (χ1) is 12.1. The second kappa shape index (κ2) is 6.39. The number of piperidine rings is 1. The number of hydrogen-bond acceptors (Lipinski definition) is 6. The van der Waals surface area contributed by atoms with Crippen molar-refractivity contribution >= 4 is 0 Å². The van der Waals surface area contributed by atoms with Crippen LogP contribution in [0.1, 0.15) is 53.9 Å². The van der Waals surface area contributed by atoms with Gasteiger partial charge in [-0.25, -0.2) is 0 Å². The molecule has 4 heterocycles. The van der Waals surface area contributed by atoms with Crippen LogP contribution in [0, 0.1) is 0 Å². The van der Waals surface area contributed by atoms with Crippen LogP contribution in [0.5, 0.6) is 0 Å². The van der Waals surface area contributed by atoms with Crippen LogP contribution in [0.4, 0.5) is 0 Å². The van der Waals surface area contributed by atoms with Crippen LogP contribution >= 0.6 is 0 Å². The van der Waals surface area contributed by atoms with Crippen LogP contribution in [0.25, 0.3) is 0 Å². The Labute approximate surface area is 158 Å². The number of rotatable bonds is 3. The molecule has 4 aliphatic heterocycles. The molecule has 6 nitrogen and oxygen atoms in total. The van der Waals surface area contributed by atoms with E-state index in [1.54, 1.807) is 0 Å². The molecule has 0 amide bonds. The maximum atomic E-state index is 6.39. The minimum absolute atomic E-state index is 0.0905. The normalized spacial score (nSPS) is 32.4. The van der Waals surface area contributed by atoms with Crippen molar-refractivity contribution in [3.05, 3.63) is 0 Å². The van der Waals surface area contributed by atoms with Gasteiger partial charge in [0.15, 0.2) is 11.6 Å². The van der Waals surface area contributed by atoms with Crippen molar-refractivity contribution < 1.29 is 18.9 Å². The van der Waals surface area contributed by atoms with Gasteiger partial charge in [0.25, 0.3) is 0 Å². The van der Waals surface area contributed by atoms with Crippen LogP contribution in [-0.2, 0) is 18.9 Å². The van der Waals surface area contributed by atoms with Crippen molar-refractivity contribution in [3.8, 4) is 0 Å². The Bertz CT molecular complexity index is 508. The Hall–Kier alpha value is -0.240. The standard InChI is InChI=1S/C20H36N2O4/c1-17(2,3)22-14-20(15-22)25-13-16(26-20)12-18(4,5)21-8-6-19(7-9-21)23-10-11-24-19/h16H,6-15H2,1-5H3. The summed E-state index contributed by atoms with van der Waals surface area (Å²) < 4.78 is 24.2. The van der Waals surface area contributed by atoms with Crippen LogP contribution in [0.2, 0.25) is 0 Å². The van der Waals surface area contributed by atoms with E-state index in [1.807, 2.05) is 0 Å². The van der Waals surface area contributed by atoms with Gasteiger partial charge in [-0.05, 0) is 41.0 Å². The average Bonchev–Trinajstić information content (AvgIpc) is 3.13. The van der Waals surface area contributed by atoms with Crippen LogP contribution in [0.15, 0.2) is 0 Å². The molecule has 0 saturated carbocycles. The fraction of sp³-hybridized carbons (Fsp3) is 1.00. The van der Waals surface area contributed by atoms with Crippen molar-refractivity contribution in [2.75, 3.05) is 46.0 Å². The first kappa shape index (κ1) is 19.1. The first-order valence-corrected chi connectivity index (χ1v) is 10.2. The molecule has 1 atom stereocenters. The number of hydrogen-bond donors (Lipinski definition) is 0. The zero-order valence-corrected chi connectivity index (χ0v) is 17.2. The highest BCUT2D eigenvalue weighted by Gasteiger charge is 2.54. The van der Waals surface area contributed by atoms with E-state index in [2.05, 4.69) is 44.4 Å². The summed E-state index contributed by atoms with van der Waals surface area (Å²) in [6.45, 7) is 17.4. The summed E-state index contributed by atoms with van der Waals surface area (Å²) in [5, 5.41) is 0. The minimum Gasteiger partial charge on any atom is -0.347 e. The second-order valence-corrected chi connectivity index (χ2v) is 10.1. The molecule has 0 radical (unpaired) electrons. The molecule has 4 saturated heterocycles. The molecular formula is C20H36N2O4. The van der Waals surface area contributed by atoms with E-state index in [0.29, 0.717) is 6.61 Å². The van der Waals surface area contributed by atoms with Gasteiger partial charge in [0.2, 0.25) is 0 Å². The summed E-state index contributed by atoms with van der Waals surface area (Å²) >= 11 is 0. The molecule has 1 unspecified atom stereocenters. The van der Waals surface area contributed by atoms with Crippen LogP contribution < -0.4 is 0 Å². The summed E-state index contributed by atoms with van der Waals surface area (Å²) in [5.41, 5.74) is 0.275. The Morgan fingerprint density at radius 2 is 1.46 bits per heavy atom. The van der Waals surface area contributed by atoms with Gasteiger partial charge in [-0.3, -0.25) is 9.80 Å². The number of ether oxygens (including phenoxy) is 4. The lowest BCUT2D eigenvalue weighted by Crippen LogP contribution is -2.67. The SMILES string of the molecule is CC(C)(C)N1CC2(C1)OCC(CC(C)(C)N1CCC3(CC1)OCCO3)O2. The lowest BCUT2D eigenvalue weighted by molar-refractivity contribution is -0.263. The molecule has 2 spiro atoms.